The van der Waals surface area contributed by atoms with Crippen LogP contribution >= 0.6 is 22.9 Å². The number of anilines is 1. The Morgan fingerprint density at radius 1 is 1.24 bits per heavy atom. The van der Waals surface area contributed by atoms with Gasteiger partial charge in [0.2, 0.25) is 12.7 Å². The van der Waals surface area contributed by atoms with Crippen LogP contribution in [0.5, 0.6) is 11.5 Å². The Balaban J connectivity index is 1.33. The highest BCUT2D eigenvalue weighted by molar-refractivity contribution is 7.15. The van der Waals surface area contributed by atoms with E-state index < -0.39 is 5.41 Å². The third kappa shape index (κ3) is 4.63. The molecule has 3 aromatic rings. The van der Waals surface area contributed by atoms with E-state index in [1.807, 2.05) is 56.6 Å². The fourth-order valence-electron chi connectivity index (χ4n) is 4.01. The van der Waals surface area contributed by atoms with Crippen molar-refractivity contribution in [3.8, 4) is 11.5 Å². The highest BCUT2D eigenvalue weighted by Gasteiger charge is 2.52. The molecule has 1 saturated carbocycles. The second-order valence-corrected chi connectivity index (χ2v) is 10.2. The first-order valence-electron chi connectivity index (χ1n) is 11.1. The molecule has 0 bridgehead atoms. The lowest BCUT2D eigenvalue weighted by molar-refractivity contribution is -0.118. The molecule has 1 aromatic heterocycles. The molecule has 7 nitrogen and oxygen atoms in total. The van der Waals surface area contributed by atoms with Crippen LogP contribution in [0.25, 0.3) is 0 Å². The summed E-state index contributed by atoms with van der Waals surface area (Å²) in [6, 6.07) is 13.4. The molecule has 1 atom stereocenters. The van der Waals surface area contributed by atoms with Gasteiger partial charge in [-0.1, -0.05) is 47.2 Å². The lowest BCUT2D eigenvalue weighted by Gasteiger charge is -2.19. The monoisotopic (exact) mass is 499 g/mol. The molecular formula is C25H26ClN3O4S. The number of hydrogen-bond donors (Lipinski definition) is 1. The van der Waals surface area contributed by atoms with Gasteiger partial charge >= 0.3 is 0 Å². The summed E-state index contributed by atoms with van der Waals surface area (Å²) in [5, 5.41) is 4.20. The molecule has 0 spiro atoms. The first kappa shape index (κ1) is 23.1. The van der Waals surface area contributed by atoms with E-state index in [1.54, 1.807) is 6.20 Å². The summed E-state index contributed by atoms with van der Waals surface area (Å²) in [4.78, 5) is 20.7. The topological polar surface area (TPSA) is 72.9 Å². The summed E-state index contributed by atoms with van der Waals surface area (Å²) in [6.45, 7) is 1.53. The van der Waals surface area contributed by atoms with E-state index >= 15 is 0 Å². The Morgan fingerprint density at radius 2 is 2.03 bits per heavy atom. The van der Waals surface area contributed by atoms with E-state index in [0.29, 0.717) is 28.3 Å². The second kappa shape index (κ2) is 9.54. The molecule has 1 unspecified atom stereocenters. The highest BCUT2D eigenvalue weighted by atomic mass is 35.5. The number of carbonyl (C=O) groups is 1. The molecule has 0 saturated heterocycles. The molecule has 2 aliphatic rings. The molecule has 9 heteroatoms. The van der Waals surface area contributed by atoms with Crippen LogP contribution in [0.2, 0.25) is 5.02 Å². The van der Waals surface area contributed by atoms with Gasteiger partial charge in [0.05, 0.1) is 16.9 Å². The van der Waals surface area contributed by atoms with Crippen molar-refractivity contribution in [1.82, 2.24) is 9.88 Å². The fourth-order valence-corrected chi connectivity index (χ4v) is 5.13. The number of carbonyl (C=O) groups excluding carboxylic acids is 1. The van der Waals surface area contributed by atoms with Crippen LogP contribution in [0.1, 0.15) is 34.9 Å². The number of amides is 1. The largest absolute Gasteiger partial charge is 0.454 e. The van der Waals surface area contributed by atoms with Gasteiger partial charge < -0.3 is 24.4 Å². The molecule has 1 fully saturated rings. The molecule has 0 radical (unpaired) electrons. The maximum Gasteiger partial charge on any atom is 0.236 e. The number of aromatic nitrogens is 1. The third-order valence-corrected chi connectivity index (χ3v) is 7.42. The van der Waals surface area contributed by atoms with E-state index in [9.17, 15) is 4.79 Å². The average Bonchev–Trinajstić information content (AvgIpc) is 3.28. The van der Waals surface area contributed by atoms with Crippen LogP contribution in [-0.2, 0) is 14.9 Å². The summed E-state index contributed by atoms with van der Waals surface area (Å²) in [7, 11) is 4.00. The van der Waals surface area contributed by atoms with Crippen molar-refractivity contribution in [1.29, 1.82) is 0 Å². The van der Waals surface area contributed by atoms with Gasteiger partial charge in [-0.3, -0.25) is 4.79 Å². The van der Waals surface area contributed by atoms with Crippen molar-refractivity contribution >= 4 is 34.0 Å². The van der Waals surface area contributed by atoms with Crippen molar-refractivity contribution in [3.63, 3.8) is 0 Å². The number of nitrogens with one attached hydrogen (secondary N) is 1. The molecule has 34 heavy (non-hydrogen) atoms. The lowest BCUT2D eigenvalue weighted by Crippen LogP contribution is -2.27. The Bertz CT molecular complexity index is 1190. The van der Waals surface area contributed by atoms with Gasteiger partial charge in [-0.15, -0.1) is 0 Å². The zero-order valence-electron chi connectivity index (χ0n) is 19.0. The van der Waals surface area contributed by atoms with Crippen LogP contribution < -0.4 is 14.8 Å². The molecule has 178 valence electrons. The maximum absolute atomic E-state index is 13.3. The predicted molar refractivity (Wildman–Crippen MR) is 132 cm³/mol. The minimum absolute atomic E-state index is 0.0601. The lowest BCUT2D eigenvalue weighted by atomic mass is 9.94. The number of hydrogen-bond acceptors (Lipinski definition) is 7. The Kier molecular flexibility index (Phi) is 6.48. The van der Waals surface area contributed by atoms with E-state index in [4.69, 9.17) is 25.8 Å². The Labute approximate surface area is 207 Å². The van der Waals surface area contributed by atoms with Crippen molar-refractivity contribution in [2.45, 2.75) is 24.4 Å². The molecule has 5 rings (SSSR count). The molecular weight excluding hydrogens is 474 g/mol. The Morgan fingerprint density at radius 3 is 2.79 bits per heavy atom. The number of nitrogens with zero attached hydrogens (tertiary/aromatic N) is 2. The molecule has 1 N–H and O–H groups in total. The van der Waals surface area contributed by atoms with E-state index in [-0.39, 0.29) is 18.8 Å². The SMILES string of the molecule is CN(C)CCOC(c1cnc(NC(=O)C2(c3ccc4c(c3)OCO4)CC2)s1)c1ccccc1Cl. The summed E-state index contributed by atoms with van der Waals surface area (Å²) in [5.74, 6) is 1.34. The number of likely N-dealkylation sites (N-methyl/N-ethyl adjacent to an activating group) is 1. The number of benzene rings is 2. The first-order chi connectivity index (χ1) is 16.5. The molecule has 1 aliphatic heterocycles. The molecule has 2 heterocycles. The van der Waals surface area contributed by atoms with Crippen LogP contribution in [0.4, 0.5) is 5.13 Å². The number of ether oxygens (including phenoxy) is 3. The second-order valence-electron chi connectivity index (χ2n) is 8.75. The molecule has 1 aliphatic carbocycles. The fraction of sp³-hybridized carbons (Fsp3) is 0.360. The van der Waals surface area contributed by atoms with E-state index in [2.05, 4.69) is 15.2 Å². The summed E-state index contributed by atoms with van der Waals surface area (Å²) in [6.07, 6.45) is 2.96. The minimum Gasteiger partial charge on any atom is -0.454 e. The van der Waals surface area contributed by atoms with Crippen LogP contribution in [0.15, 0.2) is 48.7 Å². The normalized spacial score (nSPS) is 16.5. The van der Waals surface area contributed by atoms with Crippen molar-refractivity contribution < 1.29 is 19.0 Å². The maximum atomic E-state index is 13.3. The zero-order valence-corrected chi connectivity index (χ0v) is 20.6. The van der Waals surface area contributed by atoms with Gasteiger partial charge in [-0.05, 0) is 50.7 Å². The van der Waals surface area contributed by atoms with Crippen LogP contribution in [-0.4, -0.2) is 49.8 Å². The Hall–Kier alpha value is -2.65. The van der Waals surface area contributed by atoms with Crippen molar-refractivity contribution in [2.24, 2.45) is 0 Å². The number of thiazole rings is 1. The van der Waals surface area contributed by atoms with Crippen molar-refractivity contribution in [3.05, 3.63) is 69.7 Å². The molecule has 1 amide bonds. The van der Waals surface area contributed by atoms with Crippen LogP contribution in [0.3, 0.4) is 0 Å². The van der Waals surface area contributed by atoms with Gasteiger partial charge in [0, 0.05) is 23.3 Å². The van der Waals surface area contributed by atoms with Crippen molar-refractivity contribution in [2.75, 3.05) is 39.4 Å². The zero-order chi connectivity index (χ0) is 23.7. The van der Waals surface area contributed by atoms with Gasteiger partial charge in [0.25, 0.3) is 0 Å². The van der Waals surface area contributed by atoms with Gasteiger partial charge in [-0.2, -0.15) is 0 Å². The van der Waals surface area contributed by atoms with Gasteiger partial charge in [0.1, 0.15) is 6.10 Å². The number of fused-ring (bicyclic) bond motifs is 1. The van der Waals surface area contributed by atoms with Gasteiger partial charge in [0.15, 0.2) is 16.6 Å². The third-order valence-electron chi connectivity index (χ3n) is 6.12. The predicted octanol–water partition coefficient (Wildman–Crippen LogP) is 4.86. The van der Waals surface area contributed by atoms with E-state index in [1.165, 1.54) is 11.3 Å². The van der Waals surface area contributed by atoms with E-state index in [0.717, 1.165) is 35.4 Å². The summed E-state index contributed by atoms with van der Waals surface area (Å²) in [5.41, 5.74) is 1.26. The summed E-state index contributed by atoms with van der Waals surface area (Å²) < 4.78 is 17.1. The molecule has 2 aromatic carbocycles. The summed E-state index contributed by atoms with van der Waals surface area (Å²) >= 11 is 7.89. The quantitative estimate of drug-likeness (QED) is 0.453. The number of halogens is 1. The highest BCUT2D eigenvalue weighted by Crippen LogP contribution is 2.51. The minimum atomic E-state index is -0.558. The van der Waals surface area contributed by atoms with Crippen LogP contribution in [0, 0.1) is 0 Å². The standard InChI is InChI=1S/C25H26ClN3O4S/c1-29(2)11-12-31-22(17-5-3-4-6-18(17)26)21-14-27-24(34-21)28-23(30)25(9-10-25)16-7-8-19-20(13-16)33-15-32-19/h3-8,13-14,22H,9-12,15H2,1-2H3,(H,27,28,30). The average molecular weight is 500 g/mol. The first-order valence-corrected chi connectivity index (χ1v) is 12.3. The number of rotatable bonds is 9. The van der Waals surface area contributed by atoms with Gasteiger partial charge in [-0.25, -0.2) is 4.98 Å². The smallest absolute Gasteiger partial charge is 0.236 e.